The van der Waals surface area contributed by atoms with Crippen LogP contribution in [0.4, 0.5) is 0 Å². The van der Waals surface area contributed by atoms with Crippen LogP contribution in [0, 0.1) is 11.3 Å². The van der Waals surface area contributed by atoms with Crippen LogP contribution < -0.4 is 0 Å². The van der Waals surface area contributed by atoms with Crippen LogP contribution in [0.25, 0.3) is 0 Å². The molecular weight excluding hydrogens is 434 g/mol. The first kappa shape index (κ1) is 27.9. The molecule has 0 bridgehead atoms. The summed E-state index contributed by atoms with van der Waals surface area (Å²) in [4.78, 5) is 10.8. The highest BCUT2D eigenvalue weighted by Gasteiger charge is 2.45. The molecule has 0 aromatic carbocycles. The Bertz CT molecular complexity index is 746. The molecule has 0 saturated heterocycles. The Morgan fingerprint density at radius 1 is 1.10 bits per heavy atom. The van der Waals surface area contributed by atoms with E-state index in [2.05, 4.69) is 6.92 Å². The molecule has 0 radical (unpaired) electrons. The van der Waals surface area contributed by atoms with E-state index in [1.165, 1.54) is 25.7 Å². The summed E-state index contributed by atoms with van der Waals surface area (Å²) in [6.45, 7) is 3.25. The number of nitrogens with zero attached hydrogens (tertiary/aromatic N) is 1. The average molecular weight is 468 g/mol. The minimum absolute atomic E-state index is 0.0903. The average Bonchev–Trinajstić information content (AvgIpc) is 2.66. The summed E-state index contributed by atoms with van der Waals surface area (Å²) in [5, 5.41) is 16.8. The third-order valence-electron chi connectivity index (χ3n) is 5.02. The van der Waals surface area contributed by atoms with E-state index in [0.29, 0.717) is 6.42 Å². The second-order valence-electron chi connectivity index (χ2n) is 7.48. The third-order valence-corrected chi connectivity index (χ3v) is 9.63. The van der Waals surface area contributed by atoms with Gasteiger partial charge in [-0.3, -0.25) is 4.79 Å². The highest BCUT2D eigenvalue weighted by molar-refractivity contribution is 8.19. The molecular formula is C19H33NO6S3. The summed E-state index contributed by atoms with van der Waals surface area (Å²) in [7, 11) is -7.55. The Balaban J connectivity index is 4.84. The first-order valence-electron chi connectivity index (χ1n) is 10.1. The molecule has 10 heteroatoms. The van der Waals surface area contributed by atoms with E-state index < -0.39 is 53.5 Å². The fourth-order valence-corrected chi connectivity index (χ4v) is 6.53. The highest BCUT2D eigenvalue weighted by atomic mass is 32.2. The summed E-state index contributed by atoms with van der Waals surface area (Å²) in [5.41, 5.74) is 0. The van der Waals surface area contributed by atoms with Crippen molar-refractivity contribution < 1.29 is 26.7 Å². The number of sulfone groups is 1. The summed E-state index contributed by atoms with van der Waals surface area (Å²) in [6.07, 6.45) is 8.39. The third kappa shape index (κ3) is 9.53. The van der Waals surface area contributed by atoms with Crippen LogP contribution in [-0.4, -0.2) is 42.1 Å². The van der Waals surface area contributed by atoms with Crippen molar-refractivity contribution >= 4 is 42.9 Å². The zero-order valence-corrected chi connectivity index (χ0v) is 19.8. The molecule has 0 fully saturated rings. The van der Waals surface area contributed by atoms with Crippen molar-refractivity contribution in [2.75, 3.05) is 0 Å². The topological polar surface area (TPSA) is 129 Å². The molecule has 2 unspecified atom stereocenters. The Hall–Kier alpha value is -1.05. The Labute approximate surface area is 181 Å². The Morgan fingerprint density at radius 2 is 1.59 bits per heavy atom. The molecule has 1 N–H and O–H groups in total. The smallest absolute Gasteiger partial charge is 0.303 e. The van der Waals surface area contributed by atoms with E-state index in [4.69, 9.17) is 17.3 Å². The summed E-state index contributed by atoms with van der Waals surface area (Å²) >= 11 is 4.97. The number of rotatable bonds is 16. The molecule has 0 spiro atoms. The lowest BCUT2D eigenvalue weighted by atomic mass is 10.1. The number of hydrogen-bond acceptors (Lipinski definition) is 7. The van der Waals surface area contributed by atoms with Gasteiger partial charge in [-0.15, -0.1) is 0 Å². The molecule has 0 saturated carbocycles. The Morgan fingerprint density at radius 3 is 2.00 bits per heavy atom. The van der Waals surface area contributed by atoms with Crippen molar-refractivity contribution in [1.82, 2.24) is 0 Å². The maximum absolute atomic E-state index is 12.8. The second-order valence-corrected chi connectivity index (χ2v) is 11.7. The van der Waals surface area contributed by atoms with E-state index in [1.807, 2.05) is 0 Å². The van der Waals surface area contributed by atoms with Crippen molar-refractivity contribution in [2.24, 2.45) is 0 Å². The SMILES string of the molecule is CCCCCCCCCCCC(C(=S)S(=O)(=O)C(C)(C#N)CCC(=O)O)[SH](=O)=O. The quantitative estimate of drug-likeness (QED) is 0.199. The van der Waals surface area contributed by atoms with Crippen LogP contribution >= 0.6 is 12.2 Å². The van der Waals surface area contributed by atoms with Crippen molar-refractivity contribution in [3.05, 3.63) is 0 Å². The molecule has 29 heavy (non-hydrogen) atoms. The van der Waals surface area contributed by atoms with Crippen molar-refractivity contribution in [1.29, 1.82) is 5.26 Å². The van der Waals surface area contributed by atoms with Crippen LogP contribution in [0.2, 0.25) is 0 Å². The lowest BCUT2D eigenvalue weighted by Gasteiger charge is -2.23. The van der Waals surface area contributed by atoms with Gasteiger partial charge < -0.3 is 5.11 Å². The number of carbonyl (C=O) groups is 1. The monoisotopic (exact) mass is 467 g/mol. The molecule has 7 nitrogen and oxygen atoms in total. The van der Waals surface area contributed by atoms with E-state index in [0.717, 1.165) is 32.6 Å². The number of aliphatic carboxylic acids is 1. The zero-order valence-electron chi connectivity index (χ0n) is 17.3. The van der Waals surface area contributed by atoms with Gasteiger partial charge in [0.25, 0.3) is 0 Å². The van der Waals surface area contributed by atoms with Gasteiger partial charge in [0.15, 0.2) is 4.75 Å². The number of thiol groups is 1. The first-order chi connectivity index (χ1) is 13.5. The van der Waals surface area contributed by atoms with Gasteiger partial charge in [-0.25, -0.2) is 16.8 Å². The highest BCUT2D eigenvalue weighted by Crippen LogP contribution is 2.27. The lowest BCUT2D eigenvalue weighted by molar-refractivity contribution is -0.137. The van der Waals surface area contributed by atoms with E-state index in [-0.39, 0.29) is 6.42 Å². The van der Waals surface area contributed by atoms with Crippen LogP contribution in [-0.2, 0) is 25.3 Å². The fourth-order valence-electron chi connectivity index (χ4n) is 2.95. The normalized spacial score (nSPS) is 14.8. The lowest BCUT2D eigenvalue weighted by Crippen LogP contribution is -2.43. The Kier molecular flexibility index (Phi) is 13.5. The first-order valence-corrected chi connectivity index (χ1v) is 13.2. The van der Waals surface area contributed by atoms with Gasteiger partial charge in [0.2, 0.25) is 9.84 Å². The number of carboxylic acids is 1. The van der Waals surface area contributed by atoms with Crippen LogP contribution in [0.15, 0.2) is 0 Å². The fraction of sp³-hybridized carbons (Fsp3) is 0.842. The minimum Gasteiger partial charge on any atom is -0.481 e. The predicted molar refractivity (Wildman–Crippen MR) is 118 cm³/mol. The second kappa shape index (κ2) is 14.0. The maximum atomic E-state index is 12.8. The molecule has 0 aromatic rings. The van der Waals surface area contributed by atoms with Crippen LogP contribution in [0.1, 0.15) is 90.9 Å². The van der Waals surface area contributed by atoms with Crippen molar-refractivity contribution in [3.8, 4) is 6.07 Å². The molecule has 0 aromatic heterocycles. The molecule has 0 heterocycles. The largest absolute Gasteiger partial charge is 0.481 e. The van der Waals surface area contributed by atoms with Gasteiger partial charge in [-0.05, 0) is 19.8 Å². The molecule has 0 aliphatic heterocycles. The van der Waals surface area contributed by atoms with E-state index in [9.17, 15) is 26.9 Å². The standard InChI is InChI=1S/C19H33NO6S3/c1-3-4-5-6-7-8-9-10-11-12-16(28(23)24)18(27)29(25,26)19(2,15-20)14-13-17(21)22/h16,28H,3-14H2,1-2H3,(H,21,22). The summed E-state index contributed by atoms with van der Waals surface area (Å²) < 4.78 is 46.1. The van der Waals surface area contributed by atoms with Gasteiger partial charge >= 0.3 is 5.97 Å². The zero-order chi connectivity index (χ0) is 22.5. The van der Waals surface area contributed by atoms with Crippen LogP contribution in [0.5, 0.6) is 0 Å². The molecule has 168 valence electrons. The predicted octanol–water partition coefficient (Wildman–Crippen LogP) is 3.78. The number of carboxylic acid groups (broad SMARTS) is 1. The van der Waals surface area contributed by atoms with Gasteiger partial charge in [0.05, 0.1) is 6.07 Å². The van der Waals surface area contributed by atoms with Gasteiger partial charge in [-0.1, -0.05) is 76.9 Å². The summed E-state index contributed by atoms with van der Waals surface area (Å²) in [6, 6.07) is 1.62. The molecule has 0 rings (SSSR count). The van der Waals surface area contributed by atoms with E-state index in [1.54, 1.807) is 6.07 Å². The number of unbranched alkanes of at least 4 members (excludes halogenated alkanes) is 8. The summed E-state index contributed by atoms with van der Waals surface area (Å²) in [5.74, 6) is -1.24. The minimum atomic E-state index is -4.43. The van der Waals surface area contributed by atoms with E-state index >= 15 is 0 Å². The van der Waals surface area contributed by atoms with Gasteiger partial charge in [0.1, 0.15) is 20.2 Å². The number of hydrogen-bond donors (Lipinski definition) is 2. The van der Waals surface area contributed by atoms with Gasteiger partial charge in [0, 0.05) is 6.42 Å². The molecule has 2 atom stereocenters. The molecule has 0 amide bonds. The van der Waals surface area contributed by atoms with Crippen LogP contribution in [0.3, 0.4) is 0 Å². The molecule has 0 aliphatic rings. The maximum Gasteiger partial charge on any atom is 0.303 e. The molecule has 0 aliphatic carbocycles. The van der Waals surface area contributed by atoms with Gasteiger partial charge in [-0.2, -0.15) is 5.26 Å². The number of nitriles is 1. The van der Waals surface area contributed by atoms with Crippen molar-refractivity contribution in [2.45, 2.75) is 101 Å². The van der Waals surface area contributed by atoms with Crippen molar-refractivity contribution in [3.63, 3.8) is 0 Å². The number of thiocarbonyl (C=S) groups is 1.